The second-order valence-corrected chi connectivity index (χ2v) is 15.6. The smallest absolute Gasteiger partial charge is 0.143 e. The van der Waals surface area contributed by atoms with Crippen molar-refractivity contribution >= 4 is 71.7 Å². The zero-order valence-electron chi connectivity index (χ0n) is 33.1. The lowest BCUT2D eigenvalue weighted by atomic mass is 9.91. The molecular weight excluding hydrogens is 743 g/mol. The molecule has 0 radical (unpaired) electrons. The minimum absolute atomic E-state index is 0.862. The van der Waals surface area contributed by atoms with E-state index in [9.17, 15) is 0 Å². The molecule has 0 N–H and O–H groups in total. The molecule has 0 bridgehead atoms. The number of hydrogen-bond donors (Lipinski definition) is 0. The van der Waals surface area contributed by atoms with E-state index in [0.29, 0.717) is 0 Å². The predicted octanol–water partition coefficient (Wildman–Crippen LogP) is 16.8. The average molecular weight is 780 g/mol. The summed E-state index contributed by atoms with van der Waals surface area (Å²) in [7, 11) is 0. The number of benzene rings is 10. The number of para-hydroxylation sites is 2. The predicted molar refractivity (Wildman–Crippen MR) is 255 cm³/mol. The van der Waals surface area contributed by atoms with E-state index in [-0.39, 0.29) is 0 Å². The standard InChI is InChI=1S/C58H37NO2/c1-3-15-38(16-4-1)39-29-33-42(34-30-39)59(43-35-31-41(32-36-43)45-24-13-26-51-48-22-11-12-27-54(48)60-57(45)51)53-37-52-56-49(46-20-8-7-19-44(46)40-17-5-2-6-18-40)25-14-28-55(56)61-58(52)50-23-10-9-21-47(50)53/h1-37H. The Morgan fingerprint density at radius 1 is 0.279 bits per heavy atom. The molecule has 3 heteroatoms. The van der Waals surface area contributed by atoms with Gasteiger partial charge in [-0.2, -0.15) is 0 Å². The van der Waals surface area contributed by atoms with Crippen LogP contribution in [-0.4, -0.2) is 0 Å². The van der Waals surface area contributed by atoms with Gasteiger partial charge in [0, 0.05) is 49.3 Å². The zero-order chi connectivity index (χ0) is 40.3. The second kappa shape index (κ2) is 14.3. The van der Waals surface area contributed by atoms with Crippen molar-refractivity contribution in [2.24, 2.45) is 0 Å². The minimum atomic E-state index is 0.862. The van der Waals surface area contributed by atoms with Gasteiger partial charge in [-0.15, -0.1) is 0 Å². The fourth-order valence-electron chi connectivity index (χ4n) is 9.25. The van der Waals surface area contributed by atoms with Crippen LogP contribution in [0.25, 0.3) is 99.2 Å². The Hall–Kier alpha value is -8.14. The molecule has 0 atom stereocenters. The molecular formula is C58H37NO2. The van der Waals surface area contributed by atoms with Gasteiger partial charge in [0.2, 0.25) is 0 Å². The van der Waals surface area contributed by atoms with Gasteiger partial charge < -0.3 is 13.7 Å². The lowest BCUT2D eigenvalue weighted by Crippen LogP contribution is -2.10. The highest BCUT2D eigenvalue weighted by molar-refractivity contribution is 6.23. The first-order valence-electron chi connectivity index (χ1n) is 20.7. The highest BCUT2D eigenvalue weighted by Crippen LogP contribution is 2.48. The lowest BCUT2D eigenvalue weighted by Gasteiger charge is -2.27. The summed E-state index contributed by atoms with van der Waals surface area (Å²) in [5, 5.41) is 6.58. The first-order valence-corrected chi connectivity index (χ1v) is 20.7. The quantitative estimate of drug-likeness (QED) is 0.161. The van der Waals surface area contributed by atoms with Crippen molar-refractivity contribution in [1.82, 2.24) is 0 Å². The van der Waals surface area contributed by atoms with Gasteiger partial charge in [0.05, 0.1) is 5.69 Å². The maximum absolute atomic E-state index is 6.88. The van der Waals surface area contributed by atoms with E-state index < -0.39 is 0 Å². The number of fused-ring (bicyclic) bond motifs is 8. The topological polar surface area (TPSA) is 29.5 Å². The molecule has 3 nitrogen and oxygen atoms in total. The Balaban J connectivity index is 1.08. The molecule has 0 amide bonds. The average Bonchev–Trinajstić information content (AvgIpc) is 3.92. The van der Waals surface area contributed by atoms with Gasteiger partial charge in [0.15, 0.2) is 0 Å². The molecule has 286 valence electrons. The van der Waals surface area contributed by atoms with Crippen molar-refractivity contribution in [3.05, 3.63) is 224 Å². The summed E-state index contributed by atoms with van der Waals surface area (Å²) in [4.78, 5) is 2.39. The van der Waals surface area contributed by atoms with Gasteiger partial charge in [0.1, 0.15) is 22.3 Å². The van der Waals surface area contributed by atoms with E-state index >= 15 is 0 Å². The number of furan rings is 2. The van der Waals surface area contributed by atoms with Crippen LogP contribution in [0.2, 0.25) is 0 Å². The largest absolute Gasteiger partial charge is 0.455 e. The molecule has 12 rings (SSSR count). The van der Waals surface area contributed by atoms with Crippen LogP contribution in [-0.2, 0) is 0 Å². The van der Waals surface area contributed by atoms with Crippen LogP contribution in [0.3, 0.4) is 0 Å². The number of nitrogens with zero attached hydrogens (tertiary/aromatic N) is 1. The fourth-order valence-corrected chi connectivity index (χ4v) is 9.25. The van der Waals surface area contributed by atoms with E-state index in [1.165, 1.54) is 27.8 Å². The van der Waals surface area contributed by atoms with Crippen LogP contribution in [0.1, 0.15) is 0 Å². The molecule has 2 heterocycles. The Bertz CT molecular complexity index is 3560. The first kappa shape index (κ1) is 34.9. The third kappa shape index (κ3) is 5.82. The van der Waals surface area contributed by atoms with Crippen molar-refractivity contribution in [2.75, 3.05) is 4.90 Å². The Morgan fingerprint density at radius 2 is 0.754 bits per heavy atom. The van der Waals surface area contributed by atoms with E-state index in [1.807, 2.05) is 12.1 Å². The summed E-state index contributed by atoms with van der Waals surface area (Å²) in [5.41, 5.74) is 15.9. The summed E-state index contributed by atoms with van der Waals surface area (Å²) in [6.45, 7) is 0. The van der Waals surface area contributed by atoms with Crippen LogP contribution < -0.4 is 4.90 Å². The first-order chi connectivity index (χ1) is 30.3. The number of hydrogen-bond acceptors (Lipinski definition) is 3. The Labute approximate surface area is 353 Å². The number of anilines is 3. The summed E-state index contributed by atoms with van der Waals surface area (Å²) >= 11 is 0. The van der Waals surface area contributed by atoms with Gasteiger partial charge in [-0.05, 0) is 81.4 Å². The third-order valence-corrected chi connectivity index (χ3v) is 12.1. The van der Waals surface area contributed by atoms with E-state index in [2.05, 4.69) is 217 Å². The van der Waals surface area contributed by atoms with Gasteiger partial charge in [0.25, 0.3) is 0 Å². The molecule has 0 aliphatic rings. The maximum Gasteiger partial charge on any atom is 0.143 e. The summed E-state index contributed by atoms with van der Waals surface area (Å²) in [6, 6.07) is 79.8. The molecule has 0 saturated heterocycles. The highest BCUT2D eigenvalue weighted by Gasteiger charge is 2.23. The molecule has 0 spiro atoms. The molecule has 2 aromatic heterocycles. The van der Waals surface area contributed by atoms with Crippen molar-refractivity contribution in [3.8, 4) is 44.5 Å². The van der Waals surface area contributed by atoms with Crippen molar-refractivity contribution in [1.29, 1.82) is 0 Å². The lowest BCUT2D eigenvalue weighted by molar-refractivity contribution is 0.670. The third-order valence-electron chi connectivity index (χ3n) is 12.1. The highest BCUT2D eigenvalue weighted by atomic mass is 16.3. The van der Waals surface area contributed by atoms with E-state index in [4.69, 9.17) is 8.83 Å². The van der Waals surface area contributed by atoms with Crippen molar-refractivity contribution in [3.63, 3.8) is 0 Å². The van der Waals surface area contributed by atoms with Crippen LogP contribution in [0.5, 0.6) is 0 Å². The summed E-state index contributed by atoms with van der Waals surface area (Å²) < 4.78 is 13.4. The molecule has 10 aromatic carbocycles. The van der Waals surface area contributed by atoms with E-state index in [0.717, 1.165) is 88.4 Å². The molecule has 0 fully saturated rings. The molecule has 0 aliphatic heterocycles. The van der Waals surface area contributed by atoms with Crippen LogP contribution in [0.15, 0.2) is 233 Å². The van der Waals surface area contributed by atoms with Crippen molar-refractivity contribution < 1.29 is 8.83 Å². The normalized spacial score (nSPS) is 11.6. The van der Waals surface area contributed by atoms with Gasteiger partial charge >= 0.3 is 0 Å². The fraction of sp³-hybridized carbons (Fsp3) is 0. The molecule has 0 saturated carbocycles. The SMILES string of the molecule is c1ccc(-c2ccc(N(c3ccc(-c4cccc5c4oc4ccccc45)cc3)c3cc4c(oc5cccc(-c6ccccc6-c6ccccc6)c54)c4ccccc34)cc2)cc1. The Kier molecular flexibility index (Phi) is 8.17. The second-order valence-electron chi connectivity index (χ2n) is 15.6. The van der Waals surface area contributed by atoms with E-state index in [1.54, 1.807) is 0 Å². The monoisotopic (exact) mass is 779 g/mol. The zero-order valence-corrected chi connectivity index (χ0v) is 33.1. The maximum atomic E-state index is 6.88. The van der Waals surface area contributed by atoms with Crippen LogP contribution in [0.4, 0.5) is 17.1 Å². The number of rotatable bonds is 7. The molecule has 61 heavy (non-hydrogen) atoms. The Morgan fingerprint density at radius 3 is 1.51 bits per heavy atom. The molecule has 0 unspecified atom stereocenters. The van der Waals surface area contributed by atoms with Crippen molar-refractivity contribution in [2.45, 2.75) is 0 Å². The molecule has 12 aromatic rings. The van der Waals surface area contributed by atoms with Crippen LogP contribution >= 0.6 is 0 Å². The van der Waals surface area contributed by atoms with Gasteiger partial charge in [-0.1, -0.05) is 182 Å². The summed E-state index contributed by atoms with van der Waals surface area (Å²) in [5.74, 6) is 0. The van der Waals surface area contributed by atoms with Gasteiger partial charge in [-0.25, -0.2) is 0 Å². The van der Waals surface area contributed by atoms with Gasteiger partial charge in [-0.3, -0.25) is 0 Å². The van der Waals surface area contributed by atoms with Crippen LogP contribution in [0, 0.1) is 0 Å². The minimum Gasteiger partial charge on any atom is -0.455 e. The summed E-state index contributed by atoms with van der Waals surface area (Å²) in [6.07, 6.45) is 0. The molecule has 0 aliphatic carbocycles.